The summed E-state index contributed by atoms with van der Waals surface area (Å²) in [5, 5.41) is 9.04. The van der Waals surface area contributed by atoms with Crippen molar-refractivity contribution in [2.75, 3.05) is 13.1 Å². The van der Waals surface area contributed by atoms with Crippen LogP contribution < -0.4 is 0 Å². The van der Waals surface area contributed by atoms with E-state index >= 15 is 0 Å². The van der Waals surface area contributed by atoms with E-state index in [1.807, 2.05) is 11.1 Å². The Bertz CT molecular complexity index is 815. The summed E-state index contributed by atoms with van der Waals surface area (Å²) in [6.07, 6.45) is 8.66. The Kier molecular flexibility index (Phi) is 4.27. The first kappa shape index (κ1) is 15.9. The Balaban J connectivity index is 1.50. The molecular formula is C20H22N4O. The number of hydrogen-bond donors (Lipinski definition) is 0. The molecule has 0 bridgehead atoms. The molecular weight excluding hydrogens is 312 g/mol. The maximum absolute atomic E-state index is 12.8. The van der Waals surface area contributed by atoms with Gasteiger partial charge in [-0.25, -0.2) is 4.98 Å². The molecule has 1 saturated carbocycles. The van der Waals surface area contributed by atoms with Crippen LogP contribution in [-0.4, -0.2) is 33.4 Å². The second-order valence-electron chi connectivity index (χ2n) is 7.16. The predicted molar refractivity (Wildman–Crippen MR) is 94.0 cm³/mol. The van der Waals surface area contributed by atoms with Gasteiger partial charge in [0.05, 0.1) is 11.6 Å². The van der Waals surface area contributed by atoms with E-state index in [2.05, 4.69) is 21.8 Å². The van der Waals surface area contributed by atoms with E-state index in [4.69, 9.17) is 5.26 Å². The summed E-state index contributed by atoms with van der Waals surface area (Å²) in [4.78, 5) is 19.4. The Labute approximate surface area is 147 Å². The van der Waals surface area contributed by atoms with Gasteiger partial charge in [0.2, 0.25) is 0 Å². The highest BCUT2D eigenvalue weighted by Gasteiger charge is 2.29. The molecule has 1 aliphatic heterocycles. The Hall–Kier alpha value is -2.61. The van der Waals surface area contributed by atoms with Crippen molar-refractivity contribution in [1.29, 1.82) is 5.26 Å². The maximum Gasteiger partial charge on any atom is 0.253 e. The van der Waals surface area contributed by atoms with Crippen LogP contribution in [0, 0.1) is 17.2 Å². The summed E-state index contributed by atoms with van der Waals surface area (Å²) in [5.74, 6) is 2.24. The number of piperidine rings is 1. The molecule has 25 heavy (non-hydrogen) atoms. The quantitative estimate of drug-likeness (QED) is 0.863. The van der Waals surface area contributed by atoms with Gasteiger partial charge in [0, 0.05) is 43.5 Å². The van der Waals surface area contributed by atoms with Crippen LogP contribution in [0.4, 0.5) is 0 Å². The van der Waals surface area contributed by atoms with Gasteiger partial charge in [-0.3, -0.25) is 4.79 Å². The van der Waals surface area contributed by atoms with E-state index < -0.39 is 0 Å². The molecule has 1 aliphatic carbocycles. The third-order valence-corrected chi connectivity index (χ3v) is 5.21. The number of carbonyl (C=O) groups excluding carboxylic acids is 1. The molecule has 0 N–H and O–H groups in total. The molecule has 0 spiro atoms. The summed E-state index contributed by atoms with van der Waals surface area (Å²) in [5.41, 5.74) is 1.13. The van der Waals surface area contributed by atoms with Crippen molar-refractivity contribution in [1.82, 2.24) is 14.5 Å². The van der Waals surface area contributed by atoms with Gasteiger partial charge in [0.1, 0.15) is 5.82 Å². The molecule has 1 amide bonds. The summed E-state index contributed by atoms with van der Waals surface area (Å²) in [6.45, 7) is 2.54. The van der Waals surface area contributed by atoms with Crippen molar-refractivity contribution in [2.45, 2.75) is 38.1 Å². The maximum atomic E-state index is 12.8. The van der Waals surface area contributed by atoms with E-state index in [-0.39, 0.29) is 5.91 Å². The van der Waals surface area contributed by atoms with E-state index in [9.17, 15) is 4.79 Å². The fourth-order valence-electron chi connectivity index (χ4n) is 3.69. The third-order valence-electron chi connectivity index (χ3n) is 5.21. The molecule has 5 nitrogen and oxygen atoms in total. The Morgan fingerprint density at radius 3 is 3.00 bits per heavy atom. The smallest absolute Gasteiger partial charge is 0.253 e. The Morgan fingerprint density at radius 2 is 2.20 bits per heavy atom. The lowest BCUT2D eigenvalue weighted by atomic mass is 9.96. The molecule has 1 saturated heterocycles. The van der Waals surface area contributed by atoms with Crippen molar-refractivity contribution in [3.8, 4) is 6.07 Å². The fourth-order valence-corrected chi connectivity index (χ4v) is 3.69. The second-order valence-corrected chi connectivity index (χ2v) is 7.16. The molecule has 1 atom stereocenters. The number of nitriles is 1. The first-order chi connectivity index (χ1) is 12.2. The highest BCUT2D eigenvalue weighted by Crippen LogP contribution is 2.33. The lowest BCUT2D eigenvalue weighted by Crippen LogP contribution is -2.39. The molecule has 2 aromatic rings. The highest BCUT2D eigenvalue weighted by molar-refractivity contribution is 5.94. The van der Waals surface area contributed by atoms with Gasteiger partial charge >= 0.3 is 0 Å². The lowest BCUT2D eigenvalue weighted by molar-refractivity contribution is 0.0703. The first-order valence-electron chi connectivity index (χ1n) is 9.05. The summed E-state index contributed by atoms with van der Waals surface area (Å²) >= 11 is 0. The molecule has 2 fully saturated rings. The lowest BCUT2D eigenvalue weighted by Gasteiger charge is -2.33. The van der Waals surface area contributed by atoms with Crippen LogP contribution in [0.25, 0.3) is 0 Å². The van der Waals surface area contributed by atoms with Crippen LogP contribution in [0.1, 0.15) is 53.3 Å². The molecule has 4 rings (SSSR count). The van der Waals surface area contributed by atoms with Gasteiger partial charge in [-0.05, 0) is 49.8 Å². The molecule has 2 aliphatic rings. The van der Waals surface area contributed by atoms with Crippen molar-refractivity contribution in [3.63, 3.8) is 0 Å². The average Bonchev–Trinajstić information content (AvgIpc) is 3.36. The van der Waals surface area contributed by atoms with Gasteiger partial charge < -0.3 is 9.47 Å². The second kappa shape index (κ2) is 6.72. The monoisotopic (exact) mass is 334 g/mol. The van der Waals surface area contributed by atoms with Crippen molar-refractivity contribution in [3.05, 3.63) is 53.6 Å². The van der Waals surface area contributed by atoms with E-state index in [1.54, 1.807) is 24.3 Å². The minimum atomic E-state index is 0.0158. The summed E-state index contributed by atoms with van der Waals surface area (Å²) in [6, 6.07) is 9.08. The van der Waals surface area contributed by atoms with Crippen LogP contribution in [-0.2, 0) is 6.54 Å². The standard InChI is InChI=1S/C20H22N4O/c21-12-16-3-1-4-17(11-16)20(25)24-9-2-5-18(14-24)19-22-8-10-23(19)13-15-6-7-15/h1,3-4,8,10-11,15,18H,2,5-7,9,13-14H2/t18-/m0/s1. The fraction of sp³-hybridized carbons (Fsp3) is 0.450. The van der Waals surface area contributed by atoms with Crippen molar-refractivity contribution in [2.24, 2.45) is 5.92 Å². The molecule has 0 radical (unpaired) electrons. The third kappa shape index (κ3) is 3.43. The number of benzene rings is 1. The largest absolute Gasteiger partial charge is 0.338 e. The van der Waals surface area contributed by atoms with Gasteiger partial charge in [-0.15, -0.1) is 0 Å². The van der Waals surface area contributed by atoms with Crippen molar-refractivity contribution >= 4 is 5.91 Å². The zero-order valence-electron chi connectivity index (χ0n) is 14.3. The van der Waals surface area contributed by atoms with E-state index in [1.165, 1.54) is 12.8 Å². The molecule has 128 valence electrons. The number of likely N-dealkylation sites (tertiary alicyclic amines) is 1. The van der Waals surface area contributed by atoms with E-state index in [0.29, 0.717) is 23.6 Å². The van der Waals surface area contributed by atoms with Gasteiger partial charge in [-0.2, -0.15) is 5.26 Å². The number of amides is 1. The zero-order chi connectivity index (χ0) is 17.2. The van der Waals surface area contributed by atoms with Crippen LogP contribution >= 0.6 is 0 Å². The summed E-state index contributed by atoms with van der Waals surface area (Å²) in [7, 11) is 0. The SMILES string of the molecule is N#Cc1cccc(C(=O)N2CCC[C@H](c3nccn3CC3CC3)C2)c1. The minimum Gasteiger partial charge on any atom is -0.338 e. The normalized spacial score (nSPS) is 20.3. The number of imidazole rings is 1. The molecule has 2 heterocycles. The number of nitrogens with zero attached hydrogens (tertiary/aromatic N) is 4. The van der Waals surface area contributed by atoms with Crippen LogP contribution in [0.5, 0.6) is 0 Å². The average molecular weight is 334 g/mol. The topological polar surface area (TPSA) is 61.9 Å². The minimum absolute atomic E-state index is 0.0158. The van der Waals surface area contributed by atoms with E-state index in [0.717, 1.165) is 37.7 Å². The number of carbonyl (C=O) groups is 1. The molecule has 5 heteroatoms. The van der Waals surface area contributed by atoms with Crippen molar-refractivity contribution < 1.29 is 4.79 Å². The number of hydrogen-bond acceptors (Lipinski definition) is 3. The first-order valence-corrected chi connectivity index (χ1v) is 9.05. The Morgan fingerprint density at radius 1 is 1.32 bits per heavy atom. The van der Waals surface area contributed by atoms with Gasteiger partial charge in [-0.1, -0.05) is 6.07 Å². The number of aromatic nitrogens is 2. The van der Waals surface area contributed by atoms with Crippen LogP contribution in [0.3, 0.4) is 0 Å². The zero-order valence-corrected chi connectivity index (χ0v) is 14.3. The molecule has 1 aromatic heterocycles. The van der Waals surface area contributed by atoms with Gasteiger partial charge in [0.15, 0.2) is 0 Å². The number of rotatable bonds is 4. The predicted octanol–water partition coefficient (Wildman–Crippen LogP) is 3.18. The summed E-state index contributed by atoms with van der Waals surface area (Å²) < 4.78 is 2.28. The molecule has 0 unspecified atom stereocenters. The highest BCUT2D eigenvalue weighted by atomic mass is 16.2. The van der Waals surface area contributed by atoms with Crippen LogP contribution in [0.15, 0.2) is 36.7 Å². The van der Waals surface area contributed by atoms with Gasteiger partial charge in [0.25, 0.3) is 5.91 Å². The van der Waals surface area contributed by atoms with Crippen LogP contribution in [0.2, 0.25) is 0 Å². The molecule has 1 aromatic carbocycles.